The predicted molar refractivity (Wildman–Crippen MR) is 78.7 cm³/mol. The standard InChI is InChI=1S/C15H10F2N2O3S/c16-15(17)23(21,22)13-6-4-12(5-7-13)19-14(20)11-3-1-2-10(8-11)9-18/h1-8,15H,(H,19,20). The van der Waals surface area contributed by atoms with Crippen molar-refractivity contribution in [1.82, 2.24) is 0 Å². The maximum Gasteiger partial charge on any atom is 0.341 e. The van der Waals surface area contributed by atoms with Gasteiger partial charge in [0.05, 0.1) is 16.5 Å². The Bertz CT molecular complexity index is 872. The van der Waals surface area contributed by atoms with E-state index in [-0.39, 0.29) is 11.3 Å². The van der Waals surface area contributed by atoms with Crippen LogP contribution in [0.4, 0.5) is 14.5 Å². The summed E-state index contributed by atoms with van der Waals surface area (Å²) >= 11 is 0. The van der Waals surface area contributed by atoms with E-state index in [1.807, 2.05) is 6.07 Å². The van der Waals surface area contributed by atoms with E-state index in [2.05, 4.69) is 5.32 Å². The third kappa shape index (κ3) is 3.70. The summed E-state index contributed by atoms with van der Waals surface area (Å²) < 4.78 is 47.4. The van der Waals surface area contributed by atoms with Crippen molar-refractivity contribution in [3.05, 3.63) is 59.7 Å². The molecule has 0 aliphatic carbocycles. The van der Waals surface area contributed by atoms with Gasteiger partial charge in [-0.2, -0.15) is 14.0 Å². The first-order valence-electron chi connectivity index (χ1n) is 6.28. The number of anilines is 1. The molecule has 1 amide bonds. The van der Waals surface area contributed by atoms with E-state index in [1.54, 1.807) is 12.1 Å². The van der Waals surface area contributed by atoms with Crippen molar-refractivity contribution in [2.75, 3.05) is 5.32 Å². The van der Waals surface area contributed by atoms with E-state index in [0.717, 1.165) is 12.1 Å². The van der Waals surface area contributed by atoms with Crippen molar-refractivity contribution in [2.24, 2.45) is 0 Å². The second-order valence-electron chi connectivity index (χ2n) is 4.48. The highest BCUT2D eigenvalue weighted by molar-refractivity contribution is 7.91. The Kier molecular flexibility index (Phi) is 4.71. The molecule has 23 heavy (non-hydrogen) atoms. The van der Waals surface area contributed by atoms with Gasteiger partial charge in [-0.3, -0.25) is 4.79 Å². The number of nitrogens with zero attached hydrogens (tertiary/aromatic N) is 1. The summed E-state index contributed by atoms with van der Waals surface area (Å²) in [7, 11) is -4.67. The lowest BCUT2D eigenvalue weighted by Crippen LogP contribution is -2.13. The van der Waals surface area contributed by atoms with Gasteiger partial charge in [0.15, 0.2) is 0 Å². The molecule has 8 heteroatoms. The van der Waals surface area contributed by atoms with E-state index in [1.165, 1.54) is 24.3 Å². The lowest BCUT2D eigenvalue weighted by molar-refractivity contribution is 0.102. The first kappa shape index (κ1) is 16.6. The van der Waals surface area contributed by atoms with Gasteiger partial charge in [0.25, 0.3) is 5.91 Å². The molecule has 0 heterocycles. The van der Waals surface area contributed by atoms with Gasteiger partial charge in [0.1, 0.15) is 0 Å². The van der Waals surface area contributed by atoms with Gasteiger partial charge in [-0.05, 0) is 42.5 Å². The molecule has 0 radical (unpaired) electrons. The molecule has 0 atom stereocenters. The predicted octanol–water partition coefficient (Wildman–Crippen LogP) is 2.81. The van der Waals surface area contributed by atoms with Crippen LogP contribution >= 0.6 is 0 Å². The maximum absolute atomic E-state index is 12.4. The molecule has 0 fully saturated rings. The Hall–Kier alpha value is -2.79. The average molecular weight is 336 g/mol. The molecular formula is C15H10F2N2O3S. The lowest BCUT2D eigenvalue weighted by Gasteiger charge is -2.07. The minimum Gasteiger partial charge on any atom is -0.322 e. The van der Waals surface area contributed by atoms with Crippen molar-refractivity contribution < 1.29 is 22.0 Å². The molecule has 0 aliphatic heterocycles. The molecule has 0 saturated carbocycles. The van der Waals surface area contributed by atoms with Crippen LogP contribution in [-0.4, -0.2) is 20.1 Å². The van der Waals surface area contributed by atoms with E-state index >= 15 is 0 Å². The molecule has 0 unspecified atom stereocenters. The van der Waals surface area contributed by atoms with Gasteiger partial charge in [0, 0.05) is 11.3 Å². The summed E-state index contributed by atoms with van der Waals surface area (Å²) in [6.07, 6.45) is 0. The molecule has 2 aromatic rings. The highest BCUT2D eigenvalue weighted by atomic mass is 32.2. The Morgan fingerprint density at radius 1 is 1.13 bits per heavy atom. The number of sulfone groups is 1. The number of rotatable bonds is 4. The van der Waals surface area contributed by atoms with Crippen LogP contribution in [0.15, 0.2) is 53.4 Å². The topological polar surface area (TPSA) is 87.0 Å². The highest BCUT2D eigenvalue weighted by Gasteiger charge is 2.26. The number of nitriles is 1. The fraction of sp³-hybridized carbons (Fsp3) is 0.0667. The summed E-state index contributed by atoms with van der Waals surface area (Å²) in [4.78, 5) is 11.5. The van der Waals surface area contributed by atoms with Gasteiger partial charge in [-0.15, -0.1) is 0 Å². The summed E-state index contributed by atoms with van der Waals surface area (Å²) in [5.41, 5.74) is 0.801. The molecule has 2 rings (SSSR count). The van der Waals surface area contributed by atoms with Crippen LogP contribution in [0.1, 0.15) is 15.9 Å². The van der Waals surface area contributed by atoms with Crippen LogP contribution in [-0.2, 0) is 9.84 Å². The van der Waals surface area contributed by atoms with Gasteiger partial charge >= 0.3 is 5.76 Å². The van der Waals surface area contributed by atoms with E-state index in [9.17, 15) is 22.0 Å². The SMILES string of the molecule is N#Cc1cccc(C(=O)Nc2ccc(S(=O)(=O)C(F)F)cc2)c1. The summed E-state index contributed by atoms with van der Waals surface area (Å²) in [5.74, 6) is -4.01. The second-order valence-corrected chi connectivity index (χ2v) is 6.39. The number of halogens is 2. The van der Waals surface area contributed by atoms with E-state index < -0.39 is 26.4 Å². The van der Waals surface area contributed by atoms with Crippen LogP contribution in [0.25, 0.3) is 0 Å². The monoisotopic (exact) mass is 336 g/mol. The number of nitrogens with one attached hydrogen (secondary N) is 1. The Labute approximate surface area is 131 Å². The molecular weight excluding hydrogens is 326 g/mol. The lowest BCUT2D eigenvalue weighted by atomic mass is 10.1. The number of carbonyl (C=O) groups is 1. The summed E-state index contributed by atoms with van der Waals surface area (Å²) in [6, 6.07) is 12.3. The number of hydrogen-bond donors (Lipinski definition) is 1. The molecule has 5 nitrogen and oxygen atoms in total. The van der Waals surface area contributed by atoms with Gasteiger partial charge in [-0.25, -0.2) is 8.42 Å². The zero-order valence-corrected chi connectivity index (χ0v) is 12.3. The van der Waals surface area contributed by atoms with Gasteiger partial charge in [0.2, 0.25) is 9.84 Å². The molecule has 1 N–H and O–H groups in total. The molecule has 2 aromatic carbocycles. The molecule has 0 aromatic heterocycles. The summed E-state index contributed by atoms with van der Waals surface area (Å²) in [5, 5.41) is 11.3. The fourth-order valence-corrected chi connectivity index (χ4v) is 2.49. The Morgan fingerprint density at radius 3 is 2.35 bits per heavy atom. The fourth-order valence-electron chi connectivity index (χ4n) is 1.76. The first-order valence-corrected chi connectivity index (χ1v) is 7.83. The number of carbonyl (C=O) groups excluding carboxylic acids is 1. The van der Waals surface area contributed by atoms with Crippen molar-refractivity contribution in [1.29, 1.82) is 5.26 Å². The number of hydrogen-bond acceptors (Lipinski definition) is 4. The smallest absolute Gasteiger partial charge is 0.322 e. The summed E-state index contributed by atoms with van der Waals surface area (Å²) in [6.45, 7) is 0. The Morgan fingerprint density at radius 2 is 1.78 bits per heavy atom. The minimum atomic E-state index is -4.67. The molecule has 0 bridgehead atoms. The van der Waals surface area contributed by atoms with Crippen molar-refractivity contribution in [3.8, 4) is 6.07 Å². The van der Waals surface area contributed by atoms with E-state index in [4.69, 9.17) is 5.26 Å². The number of benzene rings is 2. The number of alkyl halides is 2. The average Bonchev–Trinajstić information content (AvgIpc) is 2.55. The molecule has 0 aliphatic rings. The zero-order valence-electron chi connectivity index (χ0n) is 11.5. The van der Waals surface area contributed by atoms with Crippen molar-refractivity contribution in [3.63, 3.8) is 0 Å². The van der Waals surface area contributed by atoms with Gasteiger partial charge < -0.3 is 5.32 Å². The van der Waals surface area contributed by atoms with Crippen molar-refractivity contribution in [2.45, 2.75) is 10.7 Å². The normalized spacial score (nSPS) is 11.0. The molecule has 0 spiro atoms. The van der Waals surface area contributed by atoms with Gasteiger partial charge in [-0.1, -0.05) is 6.07 Å². The highest BCUT2D eigenvalue weighted by Crippen LogP contribution is 2.20. The van der Waals surface area contributed by atoms with Crippen molar-refractivity contribution >= 4 is 21.4 Å². The van der Waals surface area contributed by atoms with Crippen LogP contribution < -0.4 is 5.32 Å². The number of amides is 1. The Balaban J connectivity index is 2.18. The second kappa shape index (κ2) is 6.54. The minimum absolute atomic E-state index is 0.241. The molecule has 118 valence electrons. The largest absolute Gasteiger partial charge is 0.341 e. The first-order chi connectivity index (χ1) is 10.8. The maximum atomic E-state index is 12.4. The third-order valence-corrected chi connectivity index (χ3v) is 4.33. The van der Waals surface area contributed by atoms with Crippen LogP contribution in [0.5, 0.6) is 0 Å². The third-order valence-electron chi connectivity index (χ3n) is 2.93. The van der Waals surface area contributed by atoms with Crippen LogP contribution in [0.2, 0.25) is 0 Å². The van der Waals surface area contributed by atoms with Crippen LogP contribution in [0.3, 0.4) is 0 Å². The molecule has 0 saturated heterocycles. The quantitative estimate of drug-likeness (QED) is 0.930. The zero-order chi connectivity index (χ0) is 17.0. The van der Waals surface area contributed by atoms with E-state index in [0.29, 0.717) is 5.56 Å². The van der Waals surface area contributed by atoms with Crippen LogP contribution in [0, 0.1) is 11.3 Å².